The Labute approximate surface area is 188 Å². The Morgan fingerprint density at radius 2 is 2.15 bits per heavy atom. The lowest BCUT2D eigenvalue weighted by Crippen LogP contribution is -2.73. The third kappa shape index (κ3) is 4.34. The highest BCUT2D eigenvalue weighted by Crippen LogP contribution is 2.40. The number of carboxylic acids is 1. The van der Waals surface area contributed by atoms with E-state index in [-0.39, 0.29) is 34.5 Å². The molecule has 2 amide bonds. The average Bonchev–Trinajstić information content (AvgIpc) is 3.12. The minimum atomic E-state index is -4.91. The summed E-state index contributed by atoms with van der Waals surface area (Å²) in [5.74, 6) is -3.36. The molecule has 1 saturated heterocycles. The topological polar surface area (TPSA) is 232 Å². The standard InChI is InChI=1S/C15H16N8O8S2/c16-14-19-7(4-32-14)9(21-31-15(1-2-15)13(26)27)11(24)20-10-8(3-22-6-17-5-18-22)23(12(10)25)33(28,29)30/h4-6,8,10H,1-3H2,(H2,16,19)(H,20,24)(H,26,27)(H,28,29,30)/t8-,10-/m0/s1. The van der Waals surface area contributed by atoms with E-state index in [4.69, 9.17) is 10.6 Å². The SMILES string of the molecule is Nc1nc(C(=NOC2(C(=O)O)CC2)C(=O)N[C@@H]2C(=O)N(S(=O)(=O)O)[C@H]2Cn2cncn2)cs1. The van der Waals surface area contributed by atoms with Crippen LogP contribution in [0.2, 0.25) is 0 Å². The maximum absolute atomic E-state index is 13.0. The molecular weight excluding hydrogens is 484 g/mol. The first-order valence-electron chi connectivity index (χ1n) is 9.17. The first-order valence-corrected chi connectivity index (χ1v) is 11.4. The number of anilines is 1. The van der Waals surface area contributed by atoms with Crippen molar-refractivity contribution >= 4 is 50.3 Å². The van der Waals surface area contributed by atoms with Crippen LogP contribution in [0.4, 0.5) is 5.13 Å². The molecule has 33 heavy (non-hydrogen) atoms. The van der Waals surface area contributed by atoms with E-state index in [0.29, 0.717) is 0 Å². The molecule has 2 aromatic rings. The summed E-state index contributed by atoms with van der Waals surface area (Å²) in [6.45, 7) is -0.217. The highest BCUT2D eigenvalue weighted by molar-refractivity contribution is 7.84. The van der Waals surface area contributed by atoms with Gasteiger partial charge >= 0.3 is 16.3 Å². The number of β-lactam (4-membered cyclic amide) rings is 1. The van der Waals surface area contributed by atoms with Gasteiger partial charge in [0.05, 0.1) is 12.6 Å². The molecule has 3 heterocycles. The van der Waals surface area contributed by atoms with Crippen LogP contribution in [0.1, 0.15) is 18.5 Å². The van der Waals surface area contributed by atoms with Crippen LogP contribution >= 0.6 is 11.3 Å². The Kier molecular flexibility index (Phi) is 5.50. The van der Waals surface area contributed by atoms with Crippen LogP contribution < -0.4 is 11.1 Å². The van der Waals surface area contributed by atoms with Crippen LogP contribution in [0.5, 0.6) is 0 Å². The molecule has 2 aliphatic rings. The second kappa shape index (κ2) is 8.05. The number of nitrogens with one attached hydrogen (secondary N) is 1. The zero-order valence-corrected chi connectivity index (χ0v) is 18.1. The zero-order chi connectivity index (χ0) is 24.0. The van der Waals surface area contributed by atoms with Crippen molar-refractivity contribution in [3.63, 3.8) is 0 Å². The van der Waals surface area contributed by atoms with Crippen molar-refractivity contribution in [1.29, 1.82) is 0 Å². The first-order chi connectivity index (χ1) is 15.5. The lowest BCUT2D eigenvalue weighted by Gasteiger charge is -2.43. The average molecular weight is 500 g/mol. The van der Waals surface area contributed by atoms with Crippen LogP contribution in [-0.2, 0) is 36.1 Å². The number of carboxylic acid groups (broad SMARTS) is 1. The molecule has 0 unspecified atom stereocenters. The van der Waals surface area contributed by atoms with Crippen LogP contribution in [-0.4, -0.2) is 83.3 Å². The number of carbonyl (C=O) groups excluding carboxylic acids is 2. The lowest BCUT2D eigenvalue weighted by atomic mass is 9.98. The Balaban J connectivity index is 1.58. The molecule has 2 fully saturated rings. The highest BCUT2D eigenvalue weighted by atomic mass is 32.2. The van der Waals surface area contributed by atoms with Gasteiger partial charge in [0.1, 0.15) is 24.4 Å². The highest BCUT2D eigenvalue weighted by Gasteiger charge is 2.56. The molecule has 4 rings (SSSR count). The largest absolute Gasteiger partial charge is 0.478 e. The Morgan fingerprint density at radius 3 is 2.67 bits per heavy atom. The Hall–Kier alpha value is -3.64. The summed E-state index contributed by atoms with van der Waals surface area (Å²) in [6, 6.07) is -2.62. The summed E-state index contributed by atoms with van der Waals surface area (Å²) in [5.41, 5.74) is 3.54. The number of aliphatic carboxylic acids is 1. The number of thiazole rings is 1. The minimum absolute atomic E-state index is 0.0394. The number of nitrogens with zero attached hydrogens (tertiary/aromatic N) is 6. The smallest absolute Gasteiger partial charge is 0.362 e. The molecular formula is C15H16N8O8S2. The van der Waals surface area contributed by atoms with Crippen molar-refractivity contribution in [2.24, 2.45) is 5.16 Å². The fourth-order valence-corrected chi connectivity index (χ4v) is 4.48. The van der Waals surface area contributed by atoms with Gasteiger partial charge in [-0.1, -0.05) is 5.16 Å². The number of hydrogen-bond donors (Lipinski definition) is 4. The van der Waals surface area contributed by atoms with E-state index in [2.05, 4.69) is 25.5 Å². The van der Waals surface area contributed by atoms with E-state index in [9.17, 15) is 32.5 Å². The summed E-state index contributed by atoms with van der Waals surface area (Å²) >= 11 is 0.980. The third-order valence-corrected chi connectivity index (χ3v) is 6.55. The normalized spacial score (nSPS) is 21.9. The number of rotatable bonds is 9. The molecule has 2 aromatic heterocycles. The van der Waals surface area contributed by atoms with Crippen LogP contribution in [0.25, 0.3) is 0 Å². The molecule has 18 heteroatoms. The number of aromatic nitrogens is 4. The number of carbonyl (C=O) groups is 3. The van der Waals surface area contributed by atoms with Crippen LogP contribution in [0, 0.1) is 0 Å². The number of nitrogens with two attached hydrogens (primary N) is 1. The molecule has 0 spiro atoms. The predicted molar refractivity (Wildman–Crippen MR) is 108 cm³/mol. The van der Waals surface area contributed by atoms with E-state index in [0.717, 1.165) is 11.3 Å². The van der Waals surface area contributed by atoms with E-state index in [1.165, 1.54) is 22.7 Å². The van der Waals surface area contributed by atoms with Crippen LogP contribution in [0.3, 0.4) is 0 Å². The second-order valence-electron chi connectivity index (χ2n) is 7.15. The molecule has 2 atom stereocenters. The quantitative estimate of drug-likeness (QED) is 0.125. The Bertz CT molecular complexity index is 1240. The van der Waals surface area contributed by atoms with E-state index < -0.39 is 51.5 Å². The number of amides is 2. The number of oxime groups is 1. The summed E-state index contributed by atoms with van der Waals surface area (Å²) < 4.78 is 34.0. The van der Waals surface area contributed by atoms with Gasteiger partial charge in [-0.05, 0) is 0 Å². The van der Waals surface area contributed by atoms with Gasteiger partial charge in [0.2, 0.25) is 5.60 Å². The maximum Gasteiger partial charge on any atom is 0.362 e. The predicted octanol–water partition coefficient (Wildman–Crippen LogP) is -2.15. The summed E-state index contributed by atoms with van der Waals surface area (Å²) in [7, 11) is -4.91. The maximum atomic E-state index is 13.0. The zero-order valence-electron chi connectivity index (χ0n) is 16.4. The molecule has 0 aromatic carbocycles. The van der Waals surface area contributed by atoms with Gasteiger partial charge in [0.15, 0.2) is 10.8 Å². The molecule has 0 radical (unpaired) electrons. The lowest BCUT2D eigenvalue weighted by molar-refractivity contribution is -0.153. The molecule has 1 saturated carbocycles. The van der Waals surface area contributed by atoms with Crippen molar-refractivity contribution in [2.45, 2.75) is 37.1 Å². The van der Waals surface area contributed by atoms with Crippen molar-refractivity contribution in [2.75, 3.05) is 5.73 Å². The third-order valence-electron chi connectivity index (χ3n) is 4.93. The van der Waals surface area contributed by atoms with Crippen molar-refractivity contribution < 1.29 is 37.3 Å². The molecule has 1 aliphatic heterocycles. The van der Waals surface area contributed by atoms with Gasteiger partial charge in [-0.25, -0.2) is 19.1 Å². The van der Waals surface area contributed by atoms with Crippen molar-refractivity contribution in [3.8, 4) is 0 Å². The monoisotopic (exact) mass is 500 g/mol. The van der Waals surface area contributed by atoms with Gasteiger partial charge in [-0.2, -0.15) is 13.5 Å². The number of hydrogen-bond acceptors (Lipinski definition) is 12. The fraction of sp³-hybridized carbons (Fsp3) is 0.400. The van der Waals surface area contributed by atoms with Gasteiger partial charge in [-0.15, -0.1) is 11.3 Å². The molecule has 16 nitrogen and oxygen atoms in total. The van der Waals surface area contributed by atoms with Gasteiger partial charge in [0, 0.05) is 18.2 Å². The van der Waals surface area contributed by atoms with E-state index >= 15 is 0 Å². The fourth-order valence-electron chi connectivity index (χ4n) is 3.06. The van der Waals surface area contributed by atoms with E-state index in [1.54, 1.807) is 0 Å². The van der Waals surface area contributed by atoms with Gasteiger partial charge in [0.25, 0.3) is 11.8 Å². The van der Waals surface area contributed by atoms with E-state index in [1.807, 2.05) is 0 Å². The molecule has 0 bridgehead atoms. The van der Waals surface area contributed by atoms with Crippen LogP contribution in [0.15, 0.2) is 23.2 Å². The van der Waals surface area contributed by atoms with Crippen molar-refractivity contribution in [3.05, 3.63) is 23.7 Å². The summed E-state index contributed by atoms with van der Waals surface area (Å²) in [4.78, 5) is 49.4. The molecule has 5 N–H and O–H groups in total. The summed E-state index contributed by atoms with van der Waals surface area (Å²) in [5, 5.41) is 20.5. The van der Waals surface area contributed by atoms with Gasteiger partial charge < -0.3 is 21.0 Å². The summed E-state index contributed by atoms with van der Waals surface area (Å²) in [6.07, 6.45) is 2.80. The molecule has 176 valence electrons. The van der Waals surface area contributed by atoms with Gasteiger partial charge in [-0.3, -0.25) is 18.8 Å². The number of nitrogen functional groups attached to an aromatic ring is 1. The van der Waals surface area contributed by atoms with Crippen molar-refractivity contribution in [1.82, 2.24) is 29.4 Å². The minimum Gasteiger partial charge on any atom is -0.478 e. The first kappa shape index (κ1) is 22.6. The molecule has 1 aliphatic carbocycles. The second-order valence-corrected chi connectivity index (χ2v) is 9.33. The Morgan fingerprint density at radius 1 is 1.42 bits per heavy atom.